The van der Waals surface area contributed by atoms with Gasteiger partial charge in [0, 0.05) is 19.2 Å². The van der Waals surface area contributed by atoms with E-state index in [0.29, 0.717) is 11.5 Å². The van der Waals surface area contributed by atoms with Crippen LogP contribution in [0.15, 0.2) is 41.8 Å². The van der Waals surface area contributed by atoms with Gasteiger partial charge in [0.05, 0.1) is 6.61 Å². The molecule has 1 N–H and O–H groups in total. The van der Waals surface area contributed by atoms with Gasteiger partial charge in [0.1, 0.15) is 10.7 Å². The molecule has 0 radical (unpaired) electrons. The minimum absolute atomic E-state index is 0.00678. The summed E-state index contributed by atoms with van der Waals surface area (Å²) in [6, 6.07) is 8.97. The van der Waals surface area contributed by atoms with E-state index in [-0.39, 0.29) is 12.1 Å². The maximum atomic E-state index is 14.0. The van der Waals surface area contributed by atoms with Gasteiger partial charge < -0.3 is 14.8 Å². The summed E-state index contributed by atoms with van der Waals surface area (Å²) >= 11 is 1.19. The number of methoxy groups -OCH3 is 1. The first kappa shape index (κ1) is 17.1. The van der Waals surface area contributed by atoms with Crippen LogP contribution in [0, 0.1) is 5.82 Å². The number of carbonyl (C=O) groups is 2. The highest BCUT2D eigenvalue weighted by atomic mass is 32.1. The third-order valence-electron chi connectivity index (χ3n) is 2.98. The van der Waals surface area contributed by atoms with E-state index >= 15 is 0 Å². The van der Waals surface area contributed by atoms with Crippen molar-refractivity contribution in [3.8, 4) is 0 Å². The Hall–Kier alpha value is -2.25. The first-order chi connectivity index (χ1) is 11.1. The number of nitrogens with one attached hydrogen (secondary N) is 1. The van der Waals surface area contributed by atoms with Crippen molar-refractivity contribution in [2.24, 2.45) is 0 Å². The van der Waals surface area contributed by atoms with Crippen molar-refractivity contribution in [3.05, 3.63) is 58.0 Å². The molecule has 2 aromatic rings. The molecule has 1 aromatic carbocycles. The number of thiophene rings is 1. The maximum absolute atomic E-state index is 14.0. The summed E-state index contributed by atoms with van der Waals surface area (Å²) in [5.74, 6) is -1.88. The molecule has 1 unspecified atom stereocenters. The molecular weight excluding hydrogens is 321 g/mol. The van der Waals surface area contributed by atoms with Crippen molar-refractivity contribution in [1.29, 1.82) is 0 Å². The van der Waals surface area contributed by atoms with Gasteiger partial charge in [-0.25, -0.2) is 9.18 Å². The second kappa shape index (κ2) is 8.40. The highest BCUT2D eigenvalue weighted by Crippen LogP contribution is 2.23. The number of carbonyl (C=O) groups excluding carboxylic acids is 2. The minimum Gasteiger partial charge on any atom is -0.443 e. The minimum atomic E-state index is -1.36. The van der Waals surface area contributed by atoms with Crippen molar-refractivity contribution in [3.63, 3.8) is 0 Å². The van der Waals surface area contributed by atoms with Crippen LogP contribution in [0.25, 0.3) is 0 Å². The molecule has 1 amide bonds. The lowest BCUT2D eigenvalue weighted by Crippen LogP contribution is -2.34. The van der Waals surface area contributed by atoms with Gasteiger partial charge in [-0.3, -0.25) is 4.79 Å². The van der Waals surface area contributed by atoms with Crippen LogP contribution < -0.4 is 5.32 Å². The monoisotopic (exact) mass is 337 g/mol. The molecule has 0 aliphatic rings. The van der Waals surface area contributed by atoms with Gasteiger partial charge in [-0.2, -0.15) is 0 Å². The van der Waals surface area contributed by atoms with Crippen molar-refractivity contribution in [1.82, 2.24) is 5.32 Å². The Morgan fingerprint density at radius 2 is 2.04 bits per heavy atom. The van der Waals surface area contributed by atoms with E-state index in [1.54, 1.807) is 23.6 Å². The van der Waals surface area contributed by atoms with Crippen molar-refractivity contribution in [2.75, 3.05) is 20.3 Å². The highest BCUT2D eigenvalue weighted by Gasteiger charge is 2.28. The Bertz CT molecular complexity index is 660. The van der Waals surface area contributed by atoms with Crippen molar-refractivity contribution < 1.29 is 23.5 Å². The van der Waals surface area contributed by atoms with E-state index in [4.69, 9.17) is 9.47 Å². The predicted molar refractivity (Wildman–Crippen MR) is 83.8 cm³/mol. The number of esters is 1. The Kier molecular flexibility index (Phi) is 6.25. The molecule has 0 saturated carbocycles. The molecule has 0 aliphatic heterocycles. The summed E-state index contributed by atoms with van der Waals surface area (Å²) in [4.78, 5) is 24.7. The maximum Gasteiger partial charge on any atom is 0.349 e. The zero-order chi connectivity index (χ0) is 16.7. The van der Waals surface area contributed by atoms with E-state index in [9.17, 15) is 14.0 Å². The smallest absolute Gasteiger partial charge is 0.349 e. The summed E-state index contributed by atoms with van der Waals surface area (Å²) in [6.07, 6.45) is -1.36. The number of hydrogen-bond donors (Lipinski definition) is 1. The average Bonchev–Trinajstić information content (AvgIpc) is 3.08. The Labute approximate surface area is 137 Å². The molecule has 5 nitrogen and oxygen atoms in total. The third-order valence-corrected chi connectivity index (χ3v) is 3.83. The second-order valence-corrected chi connectivity index (χ2v) is 5.52. The Balaban J connectivity index is 2.19. The first-order valence-electron chi connectivity index (χ1n) is 6.89. The second-order valence-electron chi connectivity index (χ2n) is 4.57. The standard InChI is InChI=1S/C16H16FNO4S/c1-21-9-8-18-15(19)14(11-5-2-3-6-12(11)17)22-16(20)13-7-4-10-23-13/h2-7,10,14H,8-9H2,1H3,(H,18,19). The number of amides is 1. The molecule has 0 bridgehead atoms. The number of ether oxygens (including phenoxy) is 2. The molecule has 1 heterocycles. The third kappa shape index (κ3) is 4.61. The van der Waals surface area contributed by atoms with Gasteiger partial charge in [0.2, 0.25) is 6.10 Å². The number of rotatable bonds is 7. The predicted octanol–water partition coefficient (Wildman–Crippen LogP) is 2.55. The van der Waals surface area contributed by atoms with Crippen LogP contribution in [-0.4, -0.2) is 32.1 Å². The fraction of sp³-hybridized carbons (Fsp3) is 0.250. The lowest BCUT2D eigenvalue weighted by molar-refractivity contribution is -0.130. The van der Waals surface area contributed by atoms with Gasteiger partial charge in [-0.15, -0.1) is 11.3 Å². The molecule has 0 spiro atoms. The van der Waals surface area contributed by atoms with E-state index in [0.717, 1.165) is 0 Å². The number of hydrogen-bond acceptors (Lipinski definition) is 5. The van der Waals surface area contributed by atoms with E-state index < -0.39 is 23.8 Å². The van der Waals surface area contributed by atoms with Crippen LogP contribution in [0.5, 0.6) is 0 Å². The molecule has 122 valence electrons. The van der Waals surface area contributed by atoms with Crippen molar-refractivity contribution in [2.45, 2.75) is 6.10 Å². The van der Waals surface area contributed by atoms with E-state index in [2.05, 4.69) is 5.32 Å². The van der Waals surface area contributed by atoms with Crippen LogP contribution in [-0.2, 0) is 14.3 Å². The Morgan fingerprint density at radius 3 is 2.70 bits per heavy atom. The average molecular weight is 337 g/mol. The molecular formula is C16H16FNO4S. The Morgan fingerprint density at radius 1 is 1.26 bits per heavy atom. The van der Waals surface area contributed by atoms with Gasteiger partial charge in [-0.1, -0.05) is 24.3 Å². The van der Waals surface area contributed by atoms with Crippen LogP contribution in [0.3, 0.4) is 0 Å². The molecule has 1 atom stereocenters. The lowest BCUT2D eigenvalue weighted by atomic mass is 10.1. The largest absolute Gasteiger partial charge is 0.443 e. The quantitative estimate of drug-likeness (QED) is 0.623. The molecule has 0 aliphatic carbocycles. The fourth-order valence-corrected chi connectivity index (χ4v) is 2.48. The van der Waals surface area contributed by atoms with Gasteiger partial charge in [-0.05, 0) is 17.5 Å². The molecule has 0 fully saturated rings. The summed E-state index contributed by atoms with van der Waals surface area (Å²) in [5, 5.41) is 4.27. The molecule has 2 rings (SSSR count). The van der Waals surface area contributed by atoms with Gasteiger partial charge in [0.25, 0.3) is 5.91 Å². The van der Waals surface area contributed by atoms with Crippen LogP contribution in [0.1, 0.15) is 21.3 Å². The number of halogens is 1. The summed E-state index contributed by atoms with van der Waals surface area (Å²) in [6.45, 7) is 0.533. The van der Waals surface area contributed by atoms with E-state index in [1.807, 2.05) is 0 Å². The normalized spacial score (nSPS) is 11.7. The topological polar surface area (TPSA) is 64.6 Å². The molecule has 1 aromatic heterocycles. The first-order valence-corrected chi connectivity index (χ1v) is 7.77. The van der Waals surface area contributed by atoms with Gasteiger partial charge in [0.15, 0.2) is 0 Å². The lowest BCUT2D eigenvalue weighted by Gasteiger charge is -2.18. The summed E-state index contributed by atoms with van der Waals surface area (Å²) < 4.78 is 24.1. The molecule has 23 heavy (non-hydrogen) atoms. The molecule has 7 heteroatoms. The summed E-state index contributed by atoms with van der Waals surface area (Å²) in [5.41, 5.74) is 0.00678. The highest BCUT2D eigenvalue weighted by molar-refractivity contribution is 7.11. The zero-order valence-electron chi connectivity index (χ0n) is 12.5. The van der Waals surface area contributed by atoms with Crippen LogP contribution in [0.4, 0.5) is 4.39 Å². The fourth-order valence-electron chi connectivity index (χ4n) is 1.87. The van der Waals surface area contributed by atoms with Gasteiger partial charge >= 0.3 is 5.97 Å². The SMILES string of the molecule is COCCNC(=O)C(OC(=O)c1cccs1)c1ccccc1F. The van der Waals surface area contributed by atoms with Crippen molar-refractivity contribution >= 4 is 23.2 Å². The molecule has 0 saturated heterocycles. The number of benzene rings is 1. The summed E-state index contributed by atoms with van der Waals surface area (Å²) in [7, 11) is 1.50. The van der Waals surface area contributed by atoms with Crippen LogP contribution in [0.2, 0.25) is 0 Å². The zero-order valence-corrected chi connectivity index (χ0v) is 13.3. The van der Waals surface area contributed by atoms with E-state index in [1.165, 1.54) is 36.6 Å². The van der Waals surface area contributed by atoms with Crippen LogP contribution >= 0.6 is 11.3 Å².